The summed E-state index contributed by atoms with van der Waals surface area (Å²) in [4.78, 5) is 28.5. The molecule has 4 aromatic rings. The highest BCUT2D eigenvalue weighted by atomic mass is 35.5. The van der Waals surface area contributed by atoms with Crippen LogP contribution in [0, 0.1) is 13.8 Å². The van der Waals surface area contributed by atoms with Crippen LogP contribution in [-0.2, 0) is 6.54 Å². The Kier molecular flexibility index (Phi) is 6.32. The second-order valence-electron chi connectivity index (χ2n) is 9.00. The molecule has 3 heterocycles. The zero-order valence-electron chi connectivity index (χ0n) is 20.2. The molecule has 1 saturated heterocycles. The molecule has 1 fully saturated rings. The molecule has 8 nitrogen and oxygen atoms in total. The quantitative estimate of drug-likeness (QED) is 0.412. The monoisotopic (exact) mass is 507 g/mol. The molecule has 0 bridgehead atoms. The molecule has 9 heteroatoms. The first-order chi connectivity index (χ1) is 17.3. The molecule has 0 saturated carbocycles. The SMILES string of the molecule is COc1cc2c(cc1-c1c(C)noc1C)cc(C(=O)N1CCC1)c(=O)n2CC(O)c1ccc(Cl)cc1. The van der Waals surface area contributed by atoms with Crippen LogP contribution in [0.25, 0.3) is 22.0 Å². The number of aromatic nitrogens is 2. The molecular weight excluding hydrogens is 482 g/mol. The fourth-order valence-electron chi connectivity index (χ4n) is 4.63. The predicted molar refractivity (Wildman–Crippen MR) is 137 cm³/mol. The molecule has 1 aliphatic heterocycles. The third-order valence-electron chi connectivity index (χ3n) is 6.70. The van der Waals surface area contributed by atoms with Crippen molar-refractivity contribution in [3.05, 3.63) is 80.4 Å². The first kappa shape index (κ1) is 24.1. The van der Waals surface area contributed by atoms with Crippen molar-refractivity contribution in [1.29, 1.82) is 0 Å². The zero-order valence-corrected chi connectivity index (χ0v) is 21.0. The van der Waals surface area contributed by atoms with Crippen LogP contribution in [-0.4, -0.2) is 45.8 Å². The van der Waals surface area contributed by atoms with Gasteiger partial charge in [0.25, 0.3) is 11.5 Å². The summed E-state index contributed by atoms with van der Waals surface area (Å²) in [5.74, 6) is 0.846. The van der Waals surface area contributed by atoms with E-state index in [1.807, 2.05) is 19.9 Å². The number of aryl methyl sites for hydroxylation is 2. The average molecular weight is 508 g/mol. The van der Waals surface area contributed by atoms with Gasteiger partial charge in [0.05, 0.1) is 36.5 Å². The van der Waals surface area contributed by atoms with E-state index in [0.717, 1.165) is 17.5 Å². The van der Waals surface area contributed by atoms with Gasteiger partial charge in [-0.05, 0) is 50.1 Å². The molecule has 0 spiro atoms. The van der Waals surface area contributed by atoms with Crippen LogP contribution in [0.2, 0.25) is 5.02 Å². The number of rotatable bonds is 6. The number of aliphatic hydroxyl groups is 1. The lowest BCUT2D eigenvalue weighted by atomic mass is 9.99. The third kappa shape index (κ3) is 4.16. The van der Waals surface area contributed by atoms with Crippen molar-refractivity contribution in [3.8, 4) is 16.9 Å². The first-order valence-corrected chi connectivity index (χ1v) is 12.1. The van der Waals surface area contributed by atoms with E-state index < -0.39 is 11.7 Å². The number of hydrogen-bond acceptors (Lipinski definition) is 6. The van der Waals surface area contributed by atoms with Crippen molar-refractivity contribution in [3.63, 3.8) is 0 Å². The summed E-state index contributed by atoms with van der Waals surface area (Å²) in [6.07, 6.45) is -0.0818. The Labute approximate surface area is 212 Å². The van der Waals surface area contributed by atoms with Crippen LogP contribution in [0.15, 0.2) is 51.8 Å². The predicted octanol–water partition coefficient (Wildman–Crippen LogP) is 4.51. The number of carbonyl (C=O) groups excluding carboxylic acids is 1. The summed E-state index contributed by atoms with van der Waals surface area (Å²) in [7, 11) is 1.55. The maximum atomic E-state index is 13.6. The Morgan fingerprint density at radius 3 is 2.50 bits per heavy atom. The minimum absolute atomic E-state index is 0.0497. The molecule has 0 aliphatic carbocycles. The Bertz CT molecular complexity index is 1500. The first-order valence-electron chi connectivity index (χ1n) is 11.7. The van der Waals surface area contributed by atoms with Gasteiger partial charge in [-0.2, -0.15) is 0 Å². The molecule has 36 heavy (non-hydrogen) atoms. The van der Waals surface area contributed by atoms with E-state index >= 15 is 0 Å². The normalized spacial score (nSPS) is 14.1. The maximum absolute atomic E-state index is 13.6. The standard InChI is InChI=1S/C27H26ClN3O5/c1-15-25(16(2)36-29-15)20-11-18-12-21(26(33)30-9-4-10-30)27(34)31(22(18)13-24(20)35-3)14-23(32)17-5-7-19(28)8-6-17/h5-8,11-13,23,32H,4,9-10,14H2,1-3H3. The van der Waals surface area contributed by atoms with Crippen LogP contribution in [0.1, 0.15) is 39.9 Å². The summed E-state index contributed by atoms with van der Waals surface area (Å²) < 4.78 is 12.5. The van der Waals surface area contributed by atoms with Gasteiger partial charge < -0.3 is 23.8 Å². The van der Waals surface area contributed by atoms with Crippen molar-refractivity contribution < 1.29 is 19.2 Å². The number of carbonyl (C=O) groups is 1. The molecular formula is C27H26ClN3O5. The Hall–Kier alpha value is -3.62. The number of likely N-dealkylation sites (tertiary alicyclic amines) is 1. The second kappa shape index (κ2) is 9.44. The smallest absolute Gasteiger partial charge is 0.264 e. The number of nitrogens with zero attached hydrogens (tertiary/aromatic N) is 3. The number of hydrogen-bond donors (Lipinski definition) is 1. The van der Waals surface area contributed by atoms with Crippen molar-refractivity contribution in [1.82, 2.24) is 14.6 Å². The minimum Gasteiger partial charge on any atom is -0.496 e. The maximum Gasteiger partial charge on any atom is 0.264 e. The van der Waals surface area contributed by atoms with Gasteiger partial charge in [0.1, 0.15) is 17.1 Å². The molecule has 0 radical (unpaired) electrons. The highest BCUT2D eigenvalue weighted by Gasteiger charge is 2.27. The van der Waals surface area contributed by atoms with Crippen molar-refractivity contribution in [2.45, 2.75) is 32.9 Å². The molecule has 1 atom stereocenters. The van der Waals surface area contributed by atoms with Gasteiger partial charge in [0.15, 0.2) is 0 Å². The number of aliphatic hydroxyl groups excluding tert-OH is 1. The van der Waals surface area contributed by atoms with Crippen LogP contribution in [0.3, 0.4) is 0 Å². The largest absolute Gasteiger partial charge is 0.496 e. The number of pyridine rings is 1. The van der Waals surface area contributed by atoms with E-state index in [9.17, 15) is 14.7 Å². The van der Waals surface area contributed by atoms with E-state index in [1.165, 1.54) is 4.57 Å². The Morgan fingerprint density at radius 2 is 1.92 bits per heavy atom. The topological polar surface area (TPSA) is 97.8 Å². The zero-order chi connectivity index (χ0) is 25.6. The molecule has 2 aromatic heterocycles. The average Bonchev–Trinajstić information content (AvgIpc) is 3.16. The van der Waals surface area contributed by atoms with Crippen LogP contribution in [0.5, 0.6) is 5.75 Å². The number of benzene rings is 2. The summed E-state index contributed by atoms with van der Waals surface area (Å²) >= 11 is 5.99. The lowest BCUT2D eigenvalue weighted by Crippen LogP contribution is -2.44. The molecule has 1 aliphatic rings. The lowest BCUT2D eigenvalue weighted by molar-refractivity contribution is 0.0648. The van der Waals surface area contributed by atoms with E-state index in [1.54, 1.807) is 48.4 Å². The highest BCUT2D eigenvalue weighted by Crippen LogP contribution is 2.38. The van der Waals surface area contributed by atoms with E-state index in [2.05, 4.69) is 5.16 Å². The fraction of sp³-hybridized carbons (Fsp3) is 0.296. The van der Waals surface area contributed by atoms with Gasteiger partial charge in [-0.3, -0.25) is 9.59 Å². The summed E-state index contributed by atoms with van der Waals surface area (Å²) in [6, 6.07) is 12.1. The van der Waals surface area contributed by atoms with Gasteiger partial charge in [0.2, 0.25) is 0 Å². The van der Waals surface area contributed by atoms with Gasteiger partial charge in [-0.15, -0.1) is 0 Å². The van der Waals surface area contributed by atoms with Gasteiger partial charge in [-0.25, -0.2) is 0 Å². The van der Waals surface area contributed by atoms with Crippen molar-refractivity contribution in [2.24, 2.45) is 0 Å². The van der Waals surface area contributed by atoms with E-state index in [4.69, 9.17) is 20.9 Å². The number of fused-ring (bicyclic) bond motifs is 1. The summed E-state index contributed by atoms with van der Waals surface area (Å²) in [5, 5.41) is 16.3. The van der Waals surface area contributed by atoms with Gasteiger partial charge in [-0.1, -0.05) is 28.9 Å². The van der Waals surface area contributed by atoms with E-state index in [-0.39, 0.29) is 18.0 Å². The molecule has 1 unspecified atom stereocenters. The second-order valence-corrected chi connectivity index (χ2v) is 9.43. The van der Waals surface area contributed by atoms with Crippen LogP contribution < -0.4 is 10.3 Å². The molecule has 5 rings (SSSR count). The fourth-order valence-corrected chi connectivity index (χ4v) is 4.75. The molecule has 186 valence electrons. The number of ether oxygens (including phenoxy) is 1. The lowest BCUT2D eigenvalue weighted by Gasteiger charge is -2.31. The van der Waals surface area contributed by atoms with E-state index in [0.29, 0.717) is 51.8 Å². The molecule has 1 amide bonds. The summed E-state index contributed by atoms with van der Waals surface area (Å²) in [6.45, 7) is 4.86. The third-order valence-corrected chi connectivity index (χ3v) is 6.95. The minimum atomic E-state index is -0.995. The van der Waals surface area contributed by atoms with Gasteiger partial charge in [0, 0.05) is 35.1 Å². The number of methoxy groups -OCH3 is 1. The number of halogens is 1. The van der Waals surface area contributed by atoms with Crippen molar-refractivity contribution >= 4 is 28.4 Å². The van der Waals surface area contributed by atoms with Crippen LogP contribution >= 0.6 is 11.6 Å². The van der Waals surface area contributed by atoms with Gasteiger partial charge >= 0.3 is 0 Å². The molecule has 2 aromatic carbocycles. The Balaban J connectivity index is 1.72. The van der Waals surface area contributed by atoms with Crippen molar-refractivity contribution in [2.75, 3.05) is 20.2 Å². The van der Waals surface area contributed by atoms with Crippen LogP contribution in [0.4, 0.5) is 0 Å². The highest BCUT2D eigenvalue weighted by molar-refractivity contribution is 6.30. The Morgan fingerprint density at radius 1 is 1.19 bits per heavy atom. The summed E-state index contributed by atoms with van der Waals surface area (Å²) in [5.41, 5.74) is 3.00. The number of amides is 1. The molecule has 1 N–H and O–H groups in total.